The molecule has 1 aromatic heterocycles. The monoisotopic (exact) mass is 413 g/mol. The predicted octanol–water partition coefficient (Wildman–Crippen LogP) is 6.64. The Kier molecular flexibility index (Phi) is 8.06. The normalized spacial score (nSPS) is 10.0. The Labute approximate surface area is 183 Å². The highest BCUT2D eigenvalue weighted by Gasteiger charge is 2.11. The highest BCUT2D eigenvalue weighted by Crippen LogP contribution is 2.32. The minimum absolute atomic E-state index is 0.219. The van der Waals surface area contributed by atoms with E-state index in [2.05, 4.69) is 4.98 Å². The molecule has 158 valence electrons. The zero-order valence-corrected chi connectivity index (χ0v) is 17.9. The number of aromatic nitrogens is 1. The van der Waals surface area contributed by atoms with Gasteiger partial charge in [0.1, 0.15) is 19.0 Å². The van der Waals surface area contributed by atoms with E-state index in [4.69, 9.17) is 9.47 Å². The SMILES string of the molecule is CC.Oc1ccc(-c2ccc(OCc3ccccc3)nc2OCc2ccccc2)cc1. The average molecular weight is 414 g/mol. The largest absolute Gasteiger partial charge is 0.508 e. The highest BCUT2D eigenvalue weighted by atomic mass is 16.5. The molecule has 4 nitrogen and oxygen atoms in total. The lowest BCUT2D eigenvalue weighted by Gasteiger charge is -2.13. The number of pyridine rings is 1. The molecule has 0 aliphatic heterocycles. The standard InChI is InChI=1S/C25H21NO3.C2H6/c27-22-13-11-21(12-14-22)23-15-16-24(28-17-19-7-3-1-4-8-19)26-25(23)29-18-20-9-5-2-6-10-20;1-2/h1-16,27H,17-18H2;1-2H3. The van der Waals surface area contributed by atoms with Gasteiger partial charge in [-0.05, 0) is 34.9 Å². The van der Waals surface area contributed by atoms with Crippen LogP contribution in [0, 0.1) is 0 Å². The molecule has 4 heteroatoms. The van der Waals surface area contributed by atoms with E-state index in [1.165, 1.54) is 0 Å². The summed E-state index contributed by atoms with van der Waals surface area (Å²) in [6.07, 6.45) is 0. The van der Waals surface area contributed by atoms with Crippen molar-refractivity contribution in [3.8, 4) is 28.6 Å². The van der Waals surface area contributed by atoms with E-state index < -0.39 is 0 Å². The summed E-state index contributed by atoms with van der Waals surface area (Å²) < 4.78 is 11.9. The van der Waals surface area contributed by atoms with Gasteiger partial charge in [0.2, 0.25) is 11.8 Å². The van der Waals surface area contributed by atoms with Crippen LogP contribution in [-0.2, 0) is 13.2 Å². The zero-order chi connectivity index (χ0) is 21.9. The Hall–Kier alpha value is -3.79. The number of nitrogens with zero attached hydrogens (tertiary/aromatic N) is 1. The summed E-state index contributed by atoms with van der Waals surface area (Å²) in [6.45, 7) is 4.84. The molecular formula is C27H27NO3. The maximum atomic E-state index is 9.58. The van der Waals surface area contributed by atoms with Crippen LogP contribution in [0.15, 0.2) is 97.1 Å². The summed E-state index contributed by atoms with van der Waals surface area (Å²) in [4.78, 5) is 4.59. The van der Waals surface area contributed by atoms with Gasteiger partial charge in [0.15, 0.2) is 0 Å². The number of hydrogen-bond acceptors (Lipinski definition) is 4. The topological polar surface area (TPSA) is 51.6 Å². The predicted molar refractivity (Wildman–Crippen MR) is 124 cm³/mol. The number of aromatic hydroxyl groups is 1. The molecule has 1 N–H and O–H groups in total. The lowest BCUT2D eigenvalue weighted by atomic mass is 10.1. The van der Waals surface area contributed by atoms with Crippen molar-refractivity contribution in [1.82, 2.24) is 4.98 Å². The highest BCUT2D eigenvalue weighted by molar-refractivity contribution is 5.69. The third kappa shape index (κ3) is 6.34. The smallest absolute Gasteiger partial charge is 0.225 e. The molecule has 0 saturated heterocycles. The fourth-order valence-electron chi connectivity index (χ4n) is 2.93. The molecule has 0 bridgehead atoms. The molecule has 3 aromatic carbocycles. The summed E-state index contributed by atoms with van der Waals surface area (Å²) in [5.41, 5.74) is 3.88. The molecule has 0 fully saturated rings. The van der Waals surface area contributed by atoms with Crippen LogP contribution in [0.3, 0.4) is 0 Å². The van der Waals surface area contributed by atoms with Gasteiger partial charge in [0, 0.05) is 11.6 Å². The van der Waals surface area contributed by atoms with Gasteiger partial charge in [-0.25, -0.2) is 0 Å². The van der Waals surface area contributed by atoms with Crippen molar-refractivity contribution in [3.05, 3.63) is 108 Å². The first-order chi connectivity index (χ1) is 15.3. The number of ether oxygens (including phenoxy) is 2. The molecule has 4 rings (SSSR count). The maximum Gasteiger partial charge on any atom is 0.225 e. The Morgan fingerprint density at radius 1 is 0.645 bits per heavy atom. The van der Waals surface area contributed by atoms with E-state index in [1.54, 1.807) is 12.1 Å². The lowest BCUT2D eigenvalue weighted by molar-refractivity contribution is 0.268. The molecule has 0 atom stereocenters. The van der Waals surface area contributed by atoms with E-state index in [-0.39, 0.29) is 5.75 Å². The second-order valence-electron chi connectivity index (χ2n) is 6.60. The third-order valence-corrected chi connectivity index (χ3v) is 4.46. The summed E-state index contributed by atoms with van der Waals surface area (Å²) in [5, 5.41) is 9.58. The summed E-state index contributed by atoms with van der Waals surface area (Å²) in [5.74, 6) is 1.21. The van der Waals surface area contributed by atoms with Gasteiger partial charge in [0.05, 0.1) is 0 Å². The molecule has 1 heterocycles. The first-order valence-electron chi connectivity index (χ1n) is 10.4. The van der Waals surface area contributed by atoms with Crippen LogP contribution in [0.5, 0.6) is 17.5 Å². The fourth-order valence-corrected chi connectivity index (χ4v) is 2.93. The number of phenolic OH excluding ortho intramolecular Hbond substituents is 1. The first-order valence-corrected chi connectivity index (χ1v) is 10.4. The number of hydrogen-bond donors (Lipinski definition) is 1. The van der Waals surface area contributed by atoms with Crippen molar-refractivity contribution in [3.63, 3.8) is 0 Å². The van der Waals surface area contributed by atoms with Crippen molar-refractivity contribution in [1.29, 1.82) is 0 Å². The Balaban J connectivity index is 0.00000132. The average Bonchev–Trinajstić information content (AvgIpc) is 2.85. The van der Waals surface area contributed by atoms with Crippen molar-refractivity contribution in [2.24, 2.45) is 0 Å². The lowest BCUT2D eigenvalue weighted by Crippen LogP contribution is -2.02. The zero-order valence-electron chi connectivity index (χ0n) is 17.9. The molecule has 0 amide bonds. The van der Waals surface area contributed by atoms with E-state index in [9.17, 15) is 5.11 Å². The van der Waals surface area contributed by atoms with E-state index >= 15 is 0 Å². The van der Waals surface area contributed by atoms with Gasteiger partial charge in [-0.2, -0.15) is 4.98 Å². The van der Waals surface area contributed by atoms with Crippen LogP contribution < -0.4 is 9.47 Å². The third-order valence-electron chi connectivity index (χ3n) is 4.46. The Morgan fingerprint density at radius 3 is 1.77 bits per heavy atom. The van der Waals surface area contributed by atoms with Crippen LogP contribution in [0.25, 0.3) is 11.1 Å². The van der Waals surface area contributed by atoms with Gasteiger partial charge in [-0.3, -0.25) is 0 Å². The molecule has 0 spiro atoms. The maximum absolute atomic E-state index is 9.58. The molecule has 0 unspecified atom stereocenters. The van der Waals surface area contributed by atoms with Crippen LogP contribution in [-0.4, -0.2) is 10.1 Å². The van der Waals surface area contributed by atoms with Gasteiger partial charge < -0.3 is 14.6 Å². The molecule has 31 heavy (non-hydrogen) atoms. The molecule has 0 aliphatic carbocycles. The van der Waals surface area contributed by atoms with Gasteiger partial charge in [0.25, 0.3) is 0 Å². The van der Waals surface area contributed by atoms with Gasteiger partial charge >= 0.3 is 0 Å². The minimum Gasteiger partial charge on any atom is -0.508 e. The van der Waals surface area contributed by atoms with E-state index in [0.717, 1.165) is 22.3 Å². The second-order valence-corrected chi connectivity index (χ2v) is 6.60. The van der Waals surface area contributed by atoms with Gasteiger partial charge in [-0.15, -0.1) is 0 Å². The first kappa shape index (κ1) is 21.9. The van der Waals surface area contributed by atoms with Gasteiger partial charge in [-0.1, -0.05) is 86.6 Å². The quantitative estimate of drug-likeness (QED) is 0.369. The second kappa shape index (κ2) is 11.4. The van der Waals surface area contributed by atoms with E-state index in [1.807, 2.05) is 98.8 Å². The number of benzene rings is 3. The van der Waals surface area contributed by atoms with Crippen molar-refractivity contribution in [2.45, 2.75) is 27.1 Å². The molecule has 0 radical (unpaired) electrons. The fraction of sp³-hybridized carbons (Fsp3) is 0.148. The summed E-state index contributed by atoms with van der Waals surface area (Å²) >= 11 is 0. The van der Waals surface area contributed by atoms with Crippen molar-refractivity contribution in [2.75, 3.05) is 0 Å². The number of phenols is 1. The number of rotatable bonds is 7. The molecule has 0 aliphatic rings. The van der Waals surface area contributed by atoms with Crippen LogP contribution >= 0.6 is 0 Å². The van der Waals surface area contributed by atoms with E-state index in [0.29, 0.717) is 25.0 Å². The summed E-state index contributed by atoms with van der Waals surface area (Å²) in [7, 11) is 0. The molecule has 0 saturated carbocycles. The molecule has 4 aromatic rings. The van der Waals surface area contributed by atoms with Crippen molar-refractivity contribution >= 4 is 0 Å². The molecular weight excluding hydrogens is 386 g/mol. The Bertz CT molecular complexity index is 1050. The minimum atomic E-state index is 0.219. The van der Waals surface area contributed by atoms with Crippen LogP contribution in [0.1, 0.15) is 25.0 Å². The Morgan fingerprint density at radius 2 is 1.19 bits per heavy atom. The van der Waals surface area contributed by atoms with Crippen molar-refractivity contribution < 1.29 is 14.6 Å². The summed E-state index contributed by atoms with van der Waals surface area (Å²) in [6, 6.07) is 30.7. The van der Waals surface area contributed by atoms with Crippen LogP contribution in [0.2, 0.25) is 0 Å². The van der Waals surface area contributed by atoms with Crippen LogP contribution in [0.4, 0.5) is 0 Å².